The lowest BCUT2D eigenvalue weighted by molar-refractivity contribution is -0.142. The number of nitrogens with zero attached hydrogens (tertiary/aromatic N) is 3. The zero-order valence-electron chi connectivity index (χ0n) is 40.7. The standard InChI is InChI=1S/C42H86N20O8/c43-19-5-1-12-26(47)33(63)57-27(13-2-6-20-44)34(64)58-28(14-3-7-21-45)35(65)60-31(17-10-24-55-41(50)51)37(67)61-30(16-9-23-54-40(48)49)36(66)59-29(15-4-8-22-46)38(68)62-32(39(69)70)18-11-25-56-42(52)53/h26-32H,1-25,43-47H2,(H,57,63)(H,58,64)(H,59,66)(H,60,65)(H,61,67)(H,62,68)(H,69,70)(H4,48,49,54)(H4,50,51,55)(H4,52,53,56)/t26-,27-,28-,29-,30-,31-,32-/m0/s1. The Labute approximate surface area is 410 Å². The van der Waals surface area contributed by atoms with Crippen molar-refractivity contribution in [2.24, 2.45) is 78.0 Å². The molecule has 402 valence electrons. The van der Waals surface area contributed by atoms with Crippen LogP contribution in [-0.2, 0) is 33.6 Å². The molecular weight excluding hydrogens is 913 g/mol. The summed E-state index contributed by atoms with van der Waals surface area (Å²) < 4.78 is 0. The number of hydrogen-bond acceptors (Lipinski definition) is 15. The van der Waals surface area contributed by atoms with Gasteiger partial charge in [-0.1, -0.05) is 6.42 Å². The second-order valence-electron chi connectivity index (χ2n) is 16.8. The zero-order valence-corrected chi connectivity index (χ0v) is 40.7. The molecule has 0 aromatic rings. The molecule has 6 amide bonds. The van der Waals surface area contributed by atoms with E-state index in [9.17, 15) is 38.7 Å². The molecule has 0 fully saturated rings. The van der Waals surface area contributed by atoms with Gasteiger partial charge in [-0.3, -0.25) is 43.7 Å². The molecule has 0 aliphatic carbocycles. The first-order valence-corrected chi connectivity index (χ1v) is 24.1. The minimum atomic E-state index is -1.35. The molecule has 7 atom stereocenters. The molecule has 0 aromatic carbocycles. The molecule has 0 unspecified atom stereocenters. The van der Waals surface area contributed by atoms with Crippen molar-refractivity contribution in [3.8, 4) is 0 Å². The number of unbranched alkanes of at least 4 members (excludes halogenated alkanes) is 4. The van der Waals surface area contributed by atoms with E-state index in [1.165, 1.54) is 0 Å². The van der Waals surface area contributed by atoms with Crippen molar-refractivity contribution < 1.29 is 38.7 Å². The normalized spacial score (nSPS) is 13.9. The van der Waals surface area contributed by atoms with Gasteiger partial charge in [-0.15, -0.1) is 0 Å². The van der Waals surface area contributed by atoms with Gasteiger partial charge >= 0.3 is 5.97 Å². The molecule has 0 rings (SSSR count). The molecule has 0 aromatic heterocycles. The Morgan fingerprint density at radius 1 is 0.343 bits per heavy atom. The van der Waals surface area contributed by atoms with E-state index in [0.717, 1.165) is 0 Å². The summed E-state index contributed by atoms with van der Waals surface area (Å²) in [5.41, 5.74) is 61.6. The number of carbonyl (C=O) groups is 7. The predicted molar refractivity (Wildman–Crippen MR) is 269 cm³/mol. The Morgan fingerprint density at radius 3 is 0.829 bits per heavy atom. The van der Waals surface area contributed by atoms with Crippen LogP contribution in [0.3, 0.4) is 0 Å². The van der Waals surface area contributed by atoms with Gasteiger partial charge in [0.05, 0.1) is 6.04 Å². The summed E-state index contributed by atoms with van der Waals surface area (Å²) in [4.78, 5) is 107. The number of carboxylic acid groups (broad SMARTS) is 1. The Kier molecular flexibility index (Phi) is 35.3. The molecule has 0 saturated carbocycles. The lowest BCUT2D eigenvalue weighted by Gasteiger charge is -2.28. The fourth-order valence-corrected chi connectivity index (χ4v) is 6.87. The highest BCUT2D eigenvalue weighted by Crippen LogP contribution is 2.11. The van der Waals surface area contributed by atoms with Crippen LogP contribution in [0.2, 0.25) is 0 Å². The van der Waals surface area contributed by atoms with Gasteiger partial charge in [0.2, 0.25) is 35.4 Å². The molecule has 0 heterocycles. The zero-order chi connectivity index (χ0) is 52.9. The van der Waals surface area contributed by atoms with Crippen LogP contribution < -0.4 is 95.0 Å². The van der Waals surface area contributed by atoms with E-state index in [-0.39, 0.29) is 102 Å². The summed E-state index contributed by atoms with van der Waals surface area (Å²) in [5.74, 6) is -6.33. The summed E-state index contributed by atoms with van der Waals surface area (Å²) in [5, 5.41) is 25.8. The first kappa shape index (κ1) is 63.9. The van der Waals surface area contributed by atoms with E-state index in [0.29, 0.717) is 77.4 Å². The number of aliphatic carboxylic acids is 1. The maximum absolute atomic E-state index is 14.3. The number of carboxylic acids is 1. The van der Waals surface area contributed by atoms with E-state index >= 15 is 0 Å². The summed E-state index contributed by atoms with van der Waals surface area (Å²) in [6, 6.07) is -8.50. The molecule has 70 heavy (non-hydrogen) atoms. The van der Waals surface area contributed by atoms with Crippen molar-refractivity contribution in [1.82, 2.24) is 31.9 Å². The summed E-state index contributed by atoms with van der Waals surface area (Å²) in [6.45, 7) is 1.57. The van der Waals surface area contributed by atoms with Crippen LogP contribution in [0.5, 0.6) is 0 Å². The van der Waals surface area contributed by atoms with Gasteiger partial charge in [0.25, 0.3) is 0 Å². The van der Waals surface area contributed by atoms with Crippen LogP contribution in [0.4, 0.5) is 0 Å². The molecule has 0 spiro atoms. The molecule has 0 radical (unpaired) electrons. The quantitative estimate of drug-likeness (QED) is 0.0154. The van der Waals surface area contributed by atoms with Crippen LogP contribution in [0, 0.1) is 0 Å². The second kappa shape index (κ2) is 38.7. The first-order valence-electron chi connectivity index (χ1n) is 24.1. The van der Waals surface area contributed by atoms with Crippen molar-refractivity contribution in [2.45, 2.75) is 158 Å². The fraction of sp³-hybridized carbons (Fsp3) is 0.762. The molecular formula is C42H86N20O8. The van der Waals surface area contributed by atoms with Crippen LogP contribution in [0.25, 0.3) is 0 Å². The van der Waals surface area contributed by atoms with Gasteiger partial charge < -0.3 is 100 Å². The van der Waals surface area contributed by atoms with Gasteiger partial charge in [-0.05, 0) is 135 Å². The summed E-state index contributed by atoms with van der Waals surface area (Å²) in [6.07, 6.45) is 5.14. The monoisotopic (exact) mass is 999 g/mol. The number of amides is 6. The maximum Gasteiger partial charge on any atom is 0.326 e. The highest BCUT2D eigenvalue weighted by atomic mass is 16.4. The number of hydrogen-bond donors (Lipinski definition) is 18. The Morgan fingerprint density at radius 2 is 0.571 bits per heavy atom. The van der Waals surface area contributed by atoms with Crippen molar-refractivity contribution in [2.75, 3.05) is 45.8 Å². The molecule has 28 heteroatoms. The van der Waals surface area contributed by atoms with E-state index in [4.69, 9.17) is 63.1 Å². The molecule has 0 aliphatic rings. The lowest BCUT2D eigenvalue weighted by Crippen LogP contribution is -2.59. The highest BCUT2D eigenvalue weighted by Gasteiger charge is 2.33. The Balaban J connectivity index is 6.83. The van der Waals surface area contributed by atoms with Crippen LogP contribution in [0.1, 0.15) is 116 Å². The van der Waals surface area contributed by atoms with Gasteiger partial charge in [-0.2, -0.15) is 0 Å². The van der Waals surface area contributed by atoms with Crippen LogP contribution >= 0.6 is 0 Å². The van der Waals surface area contributed by atoms with E-state index < -0.39 is 83.7 Å². The largest absolute Gasteiger partial charge is 0.480 e. The van der Waals surface area contributed by atoms with E-state index in [1.807, 2.05) is 0 Å². The third kappa shape index (κ3) is 30.4. The number of carbonyl (C=O) groups excluding carboxylic acids is 6. The minimum Gasteiger partial charge on any atom is -0.480 e. The molecule has 0 aliphatic heterocycles. The van der Waals surface area contributed by atoms with Crippen molar-refractivity contribution in [3.63, 3.8) is 0 Å². The predicted octanol–water partition coefficient (Wildman–Crippen LogP) is -6.02. The van der Waals surface area contributed by atoms with Crippen LogP contribution in [0.15, 0.2) is 15.0 Å². The smallest absolute Gasteiger partial charge is 0.326 e. The number of aliphatic imine (C=N–C) groups is 3. The summed E-state index contributed by atoms with van der Waals surface area (Å²) >= 11 is 0. The van der Waals surface area contributed by atoms with Crippen molar-refractivity contribution in [1.29, 1.82) is 0 Å². The lowest BCUT2D eigenvalue weighted by atomic mass is 10.0. The molecule has 28 nitrogen and oxygen atoms in total. The molecule has 29 N–H and O–H groups in total. The van der Waals surface area contributed by atoms with Crippen molar-refractivity contribution in [3.05, 3.63) is 0 Å². The van der Waals surface area contributed by atoms with Gasteiger partial charge in [0.15, 0.2) is 17.9 Å². The highest BCUT2D eigenvalue weighted by molar-refractivity contribution is 5.97. The third-order valence-corrected chi connectivity index (χ3v) is 10.8. The summed E-state index contributed by atoms with van der Waals surface area (Å²) in [7, 11) is 0. The molecule has 0 saturated heterocycles. The third-order valence-electron chi connectivity index (χ3n) is 10.8. The SMILES string of the molecule is NCCCC[C@H](NC(=O)[C@H](CCCN=C(N)N)NC(=O)[C@H](CCCN=C(N)N)NC(=O)[C@H](CCCCN)NC(=O)[C@H](CCCCN)NC(=O)[C@@H](N)CCCCN)C(=O)N[C@@H](CCCN=C(N)N)C(=O)O. The minimum absolute atomic E-state index is 0.0325. The number of rotatable bonds is 41. The van der Waals surface area contributed by atoms with E-state index in [1.54, 1.807) is 0 Å². The molecule has 0 bridgehead atoms. The first-order chi connectivity index (χ1) is 33.3. The van der Waals surface area contributed by atoms with Crippen LogP contribution in [-0.4, -0.2) is 153 Å². The fourth-order valence-electron chi connectivity index (χ4n) is 6.87. The average molecular weight is 999 g/mol. The van der Waals surface area contributed by atoms with E-state index in [2.05, 4.69) is 46.9 Å². The Bertz CT molecular complexity index is 1660. The van der Waals surface area contributed by atoms with Crippen molar-refractivity contribution >= 4 is 59.3 Å². The second-order valence-corrected chi connectivity index (χ2v) is 16.8. The Hall–Kier alpha value is -6.10. The number of guanidine groups is 3. The maximum atomic E-state index is 14.3. The topological polar surface area (TPSA) is 535 Å². The van der Waals surface area contributed by atoms with Gasteiger partial charge in [-0.25, -0.2) is 4.79 Å². The van der Waals surface area contributed by atoms with Gasteiger partial charge in [0, 0.05) is 19.6 Å². The number of nitrogens with two attached hydrogens (primary N) is 11. The average Bonchev–Trinajstić information content (AvgIpc) is 3.30. The van der Waals surface area contributed by atoms with Gasteiger partial charge in [0.1, 0.15) is 36.3 Å². The number of nitrogens with one attached hydrogen (secondary N) is 6.